The van der Waals surface area contributed by atoms with Crippen LogP contribution in [0.3, 0.4) is 0 Å². The second kappa shape index (κ2) is 58.9. The molecule has 0 bridgehead atoms. The molecule has 0 N–H and O–H groups in total. The lowest BCUT2D eigenvalue weighted by Crippen LogP contribution is -2.30. The van der Waals surface area contributed by atoms with Gasteiger partial charge in [-0.15, -0.1) is 0 Å². The molecular formula is C65H110O6. The minimum Gasteiger partial charge on any atom is -0.462 e. The number of ether oxygens (including phenoxy) is 3. The van der Waals surface area contributed by atoms with E-state index < -0.39 is 6.10 Å². The fourth-order valence-corrected chi connectivity index (χ4v) is 8.16. The number of hydrogen-bond donors (Lipinski definition) is 0. The molecule has 0 heterocycles. The molecule has 0 aromatic carbocycles. The summed E-state index contributed by atoms with van der Waals surface area (Å²) in [6.07, 6.45) is 78.8. The molecule has 0 saturated heterocycles. The van der Waals surface area contributed by atoms with Gasteiger partial charge in [-0.1, -0.05) is 272 Å². The fourth-order valence-electron chi connectivity index (χ4n) is 8.16. The first-order valence-electron chi connectivity index (χ1n) is 29.7. The Morgan fingerprint density at radius 2 is 0.549 bits per heavy atom. The molecule has 0 radical (unpaired) electrons. The predicted molar refractivity (Wildman–Crippen MR) is 307 cm³/mol. The van der Waals surface area contributed by atoms with Gasteiger partial charge in [-0.3, -0.25) is 14.4 Å². The first-order valence-corrected chi connectivity index (χ1v) is 29.7. The molecular weight excluding hydrogens is 877 g/mol. The Hall–Kier alpha value is -3.67. The Bertz CT molecular complexity index is 1410. The number of esters is 3. The maximum absolute atomic E-state index is 12.8. The van der Waals surface area contributed by atoms with Crippen molar-refractivity contribution in [2.75, 3.05) is 13.2 Å². The van der Waals surface area contributed by atoms with Gasteiger partial charge in [-0.2, -0.15) is 0 Å². The van der Waals surface area contributed by atoms with E-state index in [-0.39, 0.29) is 31.1 Å². The van der Waals surface area contributed by atoms with Crippen molar-refractivity contribution in [1.29, 1.82) is 0 Å². The van der Waals surface area contributed by atoms with Gasteiger partial charge in [0.15, 0.2) is 6.10 Å². The first-order chi connectivity index (χ1) is 35.0. The normalized spacial score (nSPS) is 12.8. The van der Waals surface area contributed by atoms with Crippen LogP contribution >= 0.6 is 0 Å². The van der Waals surface area contributed by atoms with Crippen LogP contribution in [0.5, 0.6) is 0 Å². The molecule has 0 aromatic heterocycles. The summed E-state index contributed by atoms with van der Waals surface area (Å²) in [6.45, 7) is 6.44. The number of rotatable bonds is 53. The lowest BCUT2D eigenvalue weighted by Gasteiger charge is -2.18. The van der Waals surface area contributed by atoms with E-state index in [1.165, 1.54) is 109 Å². The Balaban J connectivity index is 4.15. The SMILES string of the molecule is CC/C=C\C/C=C\C/C=C\C/C=C\C/C=C\C/C=C\C/C=C\C/C=C\CCCCCCC(=O)OCC(COC(=O)CCCCCCC)OC(=O)CCCCCCCCCCCCCCCCCCCCC. The standard InChI is InChI=1S/C65H110O6/c1-4-7-10-13-15-17-19-21-23-25-27-28-29-30-31-32-33-34-35-36-38-39-41-43-45-47-49-52-55-58-64(67)70-61-62(60-69-63(66)57-54-51-12-9-6-3)71-65(68)59-56-53-50-48-46-44-42-40-37-26-24-22-20-18-16-14-11-8-5-2/h7,10,15,17,21,23,27-28,30-31,33-34,36,38,41,43,62H,4-6,8-9,11-14,16,18-20,22,24-26,29,32,35,37,39-40,42,44-61H2,1-3H3/b10-7-,17-15-,23-21-,28-27-,31-30-,34-33-,38-36-,43-41-. The predicted octanol–water partition coefficient (Wildman–Crippen LogP) is 20.1. The van der Waals surface area contributed by atoms with Crippen LogP contribution in [0, 0.1) is 0 Å². The van der Waals surface area contributed by atoms with Crippen LogP contribution in [0.4, 0.5) is 0 Å². The van der Waals surface area contributed by atoms with Gasteiger partial charge in [0, 0.05) is 19.3 Å². The highest BCUT2D eigenvalue weighted by molar-refractivity contribution is 5.71. The van der Waals surface area contributed by atoms with Gasteiger partial charge >= 0.3 is 17.9 Å². The molecule has 1 unspecified atom stereocenters. The molecule has 0 fully saturated rings. The summed E-state index contributed by atoms with van der Waals surface area (Å²) >= 11 is 0. The van der Waals surface area contributed by atoms with Gasteiger partial charge < -0.3 is 14.2 Å². The smallest absolute Gasteiger partial charge is 0.306 e. The summed E-state index contributed by atoms with van der Waals surface area (Å²) in [6, 6.07) is 0. The number of allylic oxidation sites excluding steroid dienone is 16. The quantitative estimate of drug-likeness (QED) is 0.0261. The van der Waals surface area contributed by atoms with Gasteiger partial charge in [0.1, 0.15) is 13.2 Å². The molecule has 406 valence electrons. The van der Waals surface area contributed by atoms with E-state index in [0.717, 1.165) is 128 Å². The van der Waals surface area contributed by atoms with E-state index in [0.29, 0.717) is 19.3 Å². The van der Waals surface area contributed by atoms with E-state index >= 15 is 0 Å². The van der Waals surface area contributed by atoms with Crippen molar-refractivity contribution in [3.05, 3.63) is 97.2 Å². The Kier molecular flexibility index (Phi) is 55.9. The van der Waals surface area contributed by atoms with Crippen LogP contribution in [0.25, 0.3) is 0 Å². The van der Waals surface area contributed by atoms with Crippen LogP contribution in [0.15, 0.2) is 97.2 Å². The monoisotopic (exact) mass is 987 g/mol. The second-order valence-corrected chi connectivity index (χ2v) is 19.5. The highest BCUT2D eigenvalue weighted by Gasteiger charge is 2.19. The third-order valence-corrected chi connectivity index (χ3v) is 12.6. The average molecular weight is 988 g/mol. The van der Waals surface area contributed by atoms with Crippen LogP contribution in [0.2, 0.25) is 0 Å². The molecule has 0 aliphatic carbocycles. The van der Waals surface area contributed by atoms with Crippen molar-refractivity contribution in [3.8, 4) is 0 Å². The molecule has 0 aromatic rings. The van der Waals surface area contributed by atoms with Gasteiger partial charge in [-0.25, -0.2) is 0 Å². The van der Waals surface area contributed by atoms with Crippen molar-refractivity contribution in [1.82, 2.24) is 0 Å². The topological polar surface area (TPSA) is 78.9 Å². The zero-order valence-corrected chi connectivity index (χ0v) is 46.5. The summed E-state index contributed by atoms with van der Waals surface area (Å²) in [4.78, 5) is 37.8. The maximum Gasteiger partial charge on any atom is 0.306 e. The summed E-state index contributed by atoms with van der Waals surface area (Å²) in [7, 11) is 0. The minimum atomic E-state index is -0.783. The Morgan fingerprint density at radius 3 is 0.859 bits per heavy atom. The molecule has 0 aliphatic rings. The maximum atomic E-state index is 12.8. The Labute approximate surface area is 438 Å². The van der Waals surface area contributed by atoms with Crippen molar-refractivity contribution < 1.29 is 28.6 Å². The molecule has 0 saturated carbocycles. The van der Waals surface area contributed by atoms with E-state index in [1.807, 2.05) is 0 Å². The number of carbonyl (C=O) groups is 3. The van der Waals surface area contributed by atoms with Crippen molar-refractivity contribution in [3.63, 3.8) is 0 Å². The van der Waals surface area contributed by atoms with Crippen LogP contribution < -0.4 is 0 Å². The van der Waals surface area contributed by atoms with E-state index in [2.05, 4.69) is 118 Å². The van der Waals surface area contributed by atoms with Gasteiger partial charge in [0.2, 0.25) is 0 Å². The fraction of sp³-hybridized carbons (Fsp3) is 0.708. The molecule has 6 nitrogen and oxygen atoms in total. The molecule has 71 heavy (non-hydrogen) atoms. The lowest BCUT2D eigenvalue weighted by molar-refractivity contribution is -0.167. The average Bonchev–Trinajstić information content (AvgIpc) is 3.37. The van der Waals surface area contributed by atoms with Crippen LogP contribution in [0.1, 0.15) is 278 Å². The third-order valence-electron chi connectivity index (χ3n) is 12.6. The van der Waals surface area contributed by atoms with Crippen molar-refractivity contribution in [2.45, 2.75) is 284 Å². The summed E-state index contributed by atoms with van der Waals surface area (Å²) in [5, 5.41) is 0. The van der Waals surface area contributed by atoms with Crippen molar-refractivity contribution in [2.24, 2.45) is 0 Å². The van der Waals surface area contributed by atoms with Gasteiger partial charge in [0.25, 0.3) is 0 Å². The molecule has 0 spiro atoms. The molecule has 6 heteroatoms. The zero-order valence-electron chi connectivity index (χ0n) is 46.5. The second-order valence-electron chi connectivity index (χ2n) is 19.5. The minimum absolute atomic E-state index is 0.0845. The molecule has 0 aliphatic heterocycles. The van der Waals surface area contributed by atoms with Crippen molar-refractivity contribution >= 4 is 17.9 Å². The van der Waals surface area contributed by atoms with Crippen LogP contribution in [-0.4, -0.2) is 37.2 Å². The summed E-state index contributed by atoms with van der Waals surface area (Å²) in [5.41, 5.74) is 0. The molecule has 0 amide bonds. The van der Waals surface area contributed by atoms with Gasteiger partial charge in [0.05, 0.1) is 0 Å². The highest BCUT2D eigenvalue weighted by atomic mass is 16.6. The largest absolute Gasteiger partial charge is 0.462 e. The summed E-state index contributed by atoms with van der Waals surface area (Å²) in [5.74, 6) is -0.918. The number of hydrogen-bond acceptors (Lipinski definition) is 6. The summed E-state index contributed by atoms with van der Waals surface area (Å²) < 4.78 is 16.7. The Morgan fingerprint density at radius 1 is 0.296 bits per heavy atom. The molecule has 1 atom stereocenters. The molecule has 0 rings (SSSR count). The van der Waals surface area contributed by atoms with E-state index in [9.17, 15) is 14.4 Å². The highest BCUT2D eigenvalue weighted by Crippen LogP contribution is 2.16. The lowest BCUT2D eigenvalue weighted by atomic mass is 10.0. The van der Waals surface area contributed by atoms with Gasteiger partial charge in [-0.05, 0) is 83.5 Å². The first kappa shape index (κ1) is 67.3. The van der Waals surface area contributed by atoms with E-state index in [4.69, 9.17) is 14.2 Å². The van der Waals surface area contributed by atoms with E-state index in [1.54, 1.807) is 0 Å². The third kappa shape index (κ3) is 57.1. The number of unbranched alkanes of at least 4 members (excludes halogenated alkanes) is 26. The zero-order chi connectivity index (χ0) is 51.4. The number of carbonyl (C=O) groups excluding carboxylic acids is 3. The van der Waals surface area contributed by atoms with Crippen LogP contribution in [-0.2, 0) is 28.6 Å².